The molecule has 1 aromatic carbocycles. The van der Waals surface area contributed by atoms with Crippen molar-refractivity contribution in [1.29, 1.82) is 0 Å². The summed E-state index contributed by atoms with van der Waals surface area (Å²) in [6.45, 7) is 4.93. The third-order valence-corrected chi connectivity index (χ3v) is 7.23. The van der Waals surface area contributed by atoms with E-state index in [2.05, 4.69) is 25.5 Å². The van der Waals surface area contributed by atoms with Crippen LogP contribution in [0.4, 0.5) is 43.9 Å². The van der Waals surface area contributed by atoms with E-state index in [0.717, 1.165) is 0 Å². The van der Waals surface area contributed by atoms with Crippen LogP contribution < -0.4 is 11.1 Å². The second-order valence-electron chi connectivity index (χ2n) is 10.1. The molecule has 1 saturated carbocycles. The normalized spacial score (nSPS) is 20.1. The van der Waals surface area contributed by atoms with E-state index in [1.165, 1.54) is 18.2 Å². The van der Waals surface area contributed by atoms with Gasteiger partial charge in [-0.3, -0.25) is 5.10 Å². The highest BCUT2D eigenvalue weighted by atomic mass is 19.4. The first-order valence-electron chi connectivity index (χ1n) is 12.3. The minimum Gasteiger partial charge on any atom is -0.368 e. The molecule has 1 saturated heterocycles. The highest BCUT2D eigenvalue weighted by Gasteiger charge is 2.57. The van der Waals surface area contributed by atoms with Gasteiger partial charge in [0.25, 0.3) is 5.92 Å². The van der Waals surface area contributed by atoms with Gasteiger partial charge in [0.1, 0.15) is 17.2 Å². The Labute approximate surface area is 214 Å². The van der Waals surface area contributed by atoms with Gasteiger partial charge in [0.05, 0.1) is 5.69 Å². The molecule has 1 atom stereocenters. The molecule has 3 aromatic rings. The lowest BCUT2D eigenvalue weighted by atomic mass is 9.85. The number of halogens is 6. The van der Waals surface area contributed by atoms with Gasteiger partial charge in [0.2, 0.25) is 5.95 Å². The van der Waals surface area contributed by atoms with Crippen molar-refractivity contribution in [1.82, 2.24) is 25.1 Å². The van der Waals surface area contributed by atoms with Crippen LogP contribution in [0.25, 0.3) is 11.3 Å². The minimum absolute atomic E-state index is 0.0350. The van der Waals surface area contributed by atoms with Crippen LogP contribution in [-0.4, -0.2) is 50.6 Å². The molecule has 1 aliphatic heterocycles. The number of alkyl halides is 5. The van der Waals surface area contributed by atoms with E-state index >= 15 is 4.39 Å². The number of H-pyrrole nitrogens is 1. The Kier molecular flexibility index (Phi) is 6.52. The topological polar surface area (TPSA) is 95.8 Å². The SMILES string of the molecule is Cc1cc(Nc2nc(N)nc(-c3cc(C)c(C4CCN(CC5CC5(F)F)CC4)cc3F)c2C(F)(F)F)n[nH]1. The fourth-order valence-electron chi connectivity index (χ4n) is 5.16. The van der Waals surface area contributed by atoms with E-state index in [1.54, 1.807) is 13.8 Å². The zero-order chi connectivity index (χ0) is 27.4. The number of nitrogens with two attached hydrogens (primary N) is 1. The maximum absolute atomic E-state index is 15.5. The van der Waals surface area contributed by atoms with Crippen molar-refractivity contribution < 1.29 is 26.3 Å². The van der Waals surface area contributed by atoms with Crippen molar-refractivity contribution in [3.8, 4) is 11.3 Å². The number of hydrogen-bond acceptors (Lipinski definition) is 6. The van der Waals surface area contributed by atoms with E-state index in [0.29, 0.717) is 49.3 Å². The summed E-state index contributed by atoms with van der Waals surface area (Å²) in [4.78, 5) is 9.51. The molecule has 13 heteroatoms. The molecule has 2 aliphatic rings. The summed E-state index contributed by atoms with van der Waals surface area (Å²) in [5, 5.41) is 9.00. The van der Waals surface area contributed by atoms with E-state index < -0.39 is 46.9 Å². The highest BCUT2D eigenvalue weighted by molar-refractivity contribution is 5.74. The van der Waals surface area contributed by atoms with Crippen molar-refractivity contribution in [2.75, 3.05) is 30.7 Å². The monoisotopic (exact) mass is 539 g/mol. The molecule has 3 heterocycles. The smallest absolute Gasteiger partial charge is 0.368 e. The number of nitrogen functional groups attached to an aromatic ring is 1. The van der Waals surface area contributed by atoms with E-state index in [9.17, 15) is 22.0 Å². The molecule has 204 valence electrons. The summed E-state index contributed by atoms with van der Waals surface area (Å²) < 4.78 is 84.8. The summed E-state index contributed by atoms with van der Waals surface area (Å²) in [6, 6.07) is 4.09. The predicted octanol–water partition coefficient (Wildman–Crippen LogP) is 5.80. The maximum Gasteiger partial charge on any atom is 0.422 e. The van der Waals surface area contributed by atoms with Gasteiger partial charge < -0.3 is 16.0 Å². The number of benzene rings is 1. The summed E-state index contributed by atoms with van der Waals surface area (Å²) in [6.07, 6.45) is -3.72. The van der Waals surface area contributed by atoms with Gasteiger partial charge in [0.15, 0.2) is 5.82 Å². The average Bonchev–Trinajstić information content (AvgIpc) is 3.20. The third-order valence-electron chi connectivity index (χ3n) is 7.23. The molecular weight excluding hydrogens is 512 g/mol. The molecule has 0 spiro atoms. The second-order valence-corrected chi connectivity index (χ2v) is 10.1. The average molecular weight is 540 g/mol. The first-order valence-corrected chi connectivity index (χ1v) is 12.3. The lowest BCUT2D eigenvalue weighted by Gasteiger charge is -2.33. The molecule has 0 amide bonds. The number of likely N-dealkylation sites (tertiary alicyclic amines) is 1. The van der Waals surface area contributed by atoms with Crippen molar-refractivity contribution >= 4 is 17.6 Å². The fraction of sp³-hybridized carbons (Fsp3) is 0.480. The Morgan fingerprint density at radius 1 is 1.13 bits per heavy atom. The summed E-state index contributed by atoms with van der Waals surface area (Å²) >= 11 is 0. The fourth-order valence-corrected chi connectivity index (χ4v) is 5.16. The van der Waals surface area contributed by atoms with Gasteiger partial charge in [-0.15, -0.1) is 0 Å². The van der Waals surface area contributed by atoms with Gasteiger partial charge >= 0.3 is 6.18 Å². The van der Waals surface area contributed by atoms with Gasteiger partial charge in [-0.1, -0.05) is 0 Å². The molecule has 1 aliphatic carbocycles. The Morgan fingerprint density at radius 2 is 1.82 bits per heavy atom. The lowest BCUT2D eigenvalue weighted by molar-refractivity contribution is -0.136. The number of rotatable bonds is 6. The maximum atomic E-state index is 15.5. The number of nitrogens with one attached hydrogen (secondary N) is 2. The van der Waals surface area contributed by atoms with Crippen LogP contribution in [-0.2, 0) is 6.18 Å². The van der Waals surface area contributed by atoms with Crippen LogP contribution in [0.1, 0.15) is 47.6 Å². The van der Waals surface area contributed by atoms with Crippen molar-refractivity contribution in [3.63, 3.8) is 0 Å². The zero-order valence-electron chi connectivity index (χ0n) is 20.8. The van der Waals surface area contributed by atoms with Crippen molar-refractivity contribution in [3.05, 3.63) is 46.4 Å². The molecule has 38 heavy (non-hydrogen) atoms. The number of nitrogens with zero attached hydrogens (tertiary/aromatic N) is 4. The summed E-state index contributed by atoms with van der Waals surface area (Å²) in [5.41, 5.74) is 5.36. The molecule has 2 fully saturated rings. The molecule has 4 N–H and O–H groups in total. The number of piperidine rings is 1. The molecular formula is C25H27F6N7. The number of hydrogen-bond donors (Lipinski definition) is 3. The predicted molar refractivity (Wildman–Crippen MR) is 130 cm³/mol. The molecule has 2 aromatic heterocycles. The van der Waals surface area contributed by atoms with Crippen LogP contribution in [0.15, 0.2) is 18.2 Å². The van der Waals surface area contributed by atoms with Crippen molar-refractivity contribution in [2.45, 2.75) is 51.1 Å². The first kappa shape index (κ1) is 26.3. The molecule has 7 nitrogen and oxygen atoms in total. The Bertz CT molecular complexity index is 1340. The van der Waals surface area contributed by atoms with E-state index in [4.69, 9.17) is 5.73 Å². The van der Waals surface area contributed by atoms with Crippen LogP contribution in [0, 0.1) is 25.6 Å². The number of anilines is 3. The van der Waals surface area contributed by atoms with E-state index in [-0.39, 0.29) is 23.7 Å². The largest absolute Gasteiger partial charge is 0.422 e. The van der Waals surface area contributed by atoms with Gasteiger partial charge in [-0.25, -0.2) is 18.2 Å². The van der Waals surface area contributed by atoms with Gasteiger partial charge in [-0.2, -0.15) is 23.3 Å². The summed E-state index contributed by atoms with van der Waals surface area (Å²) in [5.74, 6) is -5.09. The quantitative estimate of drug-likeness (QED) is 0.343. The Balaban J connectivity index is 1.44. The first-order chi connectivity index (χ1) is 17.8. The molecule has 0 bridgehead atoms. The Hall–Kier alpha value is -3.35. The molecule has 1 unspecified atom stereocenters. The Morgan fingerprint density at radius 3 is 2.39 bits per heavy atom. The minimum atomic E-state index is -4.93. The lowest BCUT2D eigenvalue weighted by Crippen LogP contribution is -2.35. The van der Waals surface area contributed by atoms with Gasteiger partial charge in [0, 0.05) is 36.2 Å². The zero-order valence-corrected chi connectivity index (χ0v) is 20.8. The van der Waals surface area contributed by atoms with Gasteiger partial charge in [-0.05, 0) is 69.0 Å². The molecule has 0 radical (unpaired) electrons. The summed E-state index contributed by atoms with van der Waals surface area (Å²) in [7, 11) is 0. The van der Waals surface area contributed by atoms with Crippen LogP contribution in [0.5, 0.6) is 0 Å². The highest BCUT2D eigenvalue weighted by Crippen LogP contribution is 2.49. The van der Waals surface area contributed by atoms with Crippen LogP contribution >= 0.6 is 0 Å². The second kappa shape index (κ2) is 9.44. The third kappa shape index (κ3) is 5.29. The number of aryl methyl sites for hydroxylation is 2. The number of aromatic amines is 1. The molecule has 5 rings (SSSR count). The van der Waals surface area contributed by atoms with Crippen LogP contribution in [0.2, 0.25) is 0 Å². The number of aromatic nitrogens is 4. The standard InChI is InChI=1S/C25H27F6N7/c1-12-7-17(18(26)9-16(12)14-3-5-38(6-4-14)11-15-10-24(15,27)28)21-20(25(29,30)31)22(35-23(32)34-21)33-19-8-13(2)36-37-19/h7-9,14-15H,3-6,10-11H2,1-2H3,(H4,32,33,34,35,36,37). The van der Waals surface area contributed by atoms with Crippen molar-refractivity contribution in [2.24, 2.45) is 5.92 Å². The van der Waals surface area contributed by atoms with Crippen LogP contribution in [0.3, 0.4) is 0 Å². The van der Waals surface area contributed by atoms with E-state index in [1.807, 2.05) is 4.90 Å².